The van der Waals surface area contributed by atoms with Gasteiger partial charge in [-0.15, -0.1) is 6.58 Å². The number of benzene rings is 2. The van der Waals surface area contributed by atoms with E-state index < -0.39 is 59.1 Å². The van der Waals surface area contributed by atoms with Gasteiger partial charge < -0.3 is 9.84 Å². The molecule has 2 amide bonds. The zero-order chi connectivity index (χ0) is 24.6. The largest absolute Gasteiger partial charge is 0.446 e. The number of imide groups is 1. The van der Waals surface area contributed by atoms with Gasteiger partial charge in [-0.2, -0.15) is 26.3 Å². The van der Waals surface area contributed by atoms with Crippen molar-refractivity contribution in [2.45, 2.75) is 24.5 Å². The van der Waals surface area contributed by atoms with Crippen molar-refractivity contribution in [1.82, 2.24) is 4.90 Å². The summed E-state index contributed by atoms with van der Waals surface area (Å²) in [4.78, 5) is 26.0. The van der Waals surface area contributed by atoms with E-state index in [2.05, 4.69) is 6.58 Å². The summed E-state index contributed by atoms with van der Waals surface area (Å²) >= 11 is 0. The van der Waals surface area contributed by atoms with E-state index in [4.69, 9.17) is 4.74 Å². The number of aliphatic hydroxyl groups is 1. The smallest absolute Gasteiger partial charge is 0.417 e. The molecule has 1 heterocycles. The lowest BCUT2D eigenvalue weighted by atomic mass is 9.91. The Kier molecular flexibility index (Phi) is 6.55. The number of carbonyl (C=O) groups excluding carboxylic acids is 2. The van der Waals surface area contributed by atoms with Gasteiger partial charge >= 0.3 is 18.4 Å². The zero-order valence-electron chi connectivity index (χ0n) is 16.7. The second-order valence-corrected chi connectivity index (χ2v) is 7.26. The van der Waals surface area contributed by atoms with E-state index in [-0.39, 0.29) is 12.7 Å². The number of ether oxygens (including phenoxy) is 1. The van der Waals surface area contributed by atoms with E-state index in [0.29, 0.717) is 22.6 Å². The molecule has 1 fully saturated rings. The molecule has 5 nitrogen and oxygen atoms in total. The number of halogens is 6. The Morgan fingerprint density at radius 3 is 2.09 bits per heavy atom. The Balaban J connectivity index is 2.00. The van der Waals surface area contributed by atoms with Crippen LogP contribution in [-0.4, -0.2) is 28.6 Å². The van der Waals surface area contributed by atoms with E-state index in [1.54, 1.807) is 30.3 Å². The highest BCUT2D eigenvalue weighted by molar-refractivity contribution is 5.96. The summed E-state index contributed by atoms with van der Waals surface area (Å²) in [6.07, 6.45) is -12.6. The van der Waals surface area contributed by atoms with Crippen molar-refractivity contribution >= 4 is 12.0 Å². The molecule has 33 heavy (non-hydrogen) atoms. The van der Waals surface area contributed by atoms with E-state index in [1.165, 1.54) is 0 Å². The first-order valence-electron chi connectivity index (χ1n) is 9.49. The number of cyclic esters (lactones) is 1. The van der Waals surface area contributed by atoms with Crippen LogP contribution >= 0.6 is 0 Å². The van der Waals surface area contributed by atoms with Gasteiger partial charge in [-0.1, -0.05) is 36.4 Å². The molecule has 3 rings (SSSR count). The average molecular weight is 473 g/mol. The van der Waals surface area contributed by atoms with Crippen molar-refractivity contribution in [1.29, 1.82) is 0 Å². The number of hydrogen-bond donors (Lipinski definition) is 1. The summed E-state index contributed by atoms with van der Waals surface area (Å²) in [6, 6.07) is 7.84. The van der Waals surface area contributed by atoms with Crippen LogP contribution in [0.1, 0.15) is 34.4 Å². The molecular formula is C22H17F6NO4. The van der Waals surface area contributed by atoms with Crippen LogP contribution in [0.15, 0.2) is 61.2 Å². The molecule has 1 saturated heterocycles. The first kappa shape index (κ1) is 24.3. The number of carbonyl (C=O) groups is 2. The SMILES string of the molecule is C=C[C@H](C(=O)N1C(=O)OC[C@@H]1c1ccccc1)C(O)c1cc(C(F)(F)F)cc(C(F)(F)F)c1. The van der Waals surface area contributed by atoms with Crippen LogP contribution in [0.2, 0.25) is 0 Å². The van der Waals surface area contributed by atoms with Crippen molar-refractivity contribution in [2.24, 2.45) is 5.92 Å². The highest BCUT2D eigenvalue weighted by atomic mass is 19.4. The number of amides is 2. The predicted molar refractivity (Wildman–Crippen MR) is 102 cm³/mol. The van der Waals surface area contributed by atoms with Gasteiger partial charge in [0.25, 0.3) is 0 Å². The second-order valence-electron chi connectivity index (χ2n) is 7.26. The second kappa shape index (κ2) is 8.89. The summed E-state index contributed by atoms with van der Waals surface area (Å²) in [5.41, 5.74) is -3.60. The number of nitrogens with zero attached hydrogens (tertiary/aromatic N) is 1. The standard InChI is InChI=1S/C22H17F6NO4/c1-2-16(19(31)29-17(11-33-20(29)32)12-6-4-3-5-7-12)18(30)13-8-14(21(23,24)25)10-15(9-13)22(26,27)28/h2-10,16-18,30H,1,11H2/t16-,17+,18?/m0/s1. The lowest BCUT2D eigenvalue weighted by molar-refractivity contribution is -0.143. The maximum absolute atomic E-state index is 13.2. The van der Waals surface area contributed by atoms with Gasteiger partial charge in [-0.05, 0) is 29.3 Å². The molecular weight excluding hydrogens is 456 g/mol. The van der Waals surface area contributed by atoms with Gasteiger partial charge in [0.15, 0.2) is 0 Å². The van der Waals surface area contributed by atoms with Crippen LogP contribution in [0.4, 0.5) is 31.1 Å². The fraction of sp³-hybridized carbons (Fsp3) is 0.273. The molecule has 11 heteroatoms. The van der Waals surface area contributed by atoms with Crippen molar-refractivity contribution in [3.05, 3.63) is 83.4 Å². The third-order valence-corrected chi connectivity index (χ3v) is 5.13. The van der Waals surface area contributed by atoms with Gasteiger partial charge in [-0.3, -0.25) is 4.79 Å². The number of hydrogen-bond acceptors (Lipinski definition) is 4. The van der Waals surface area contributed by atoms with E-state index in [9.17, 15) is 41.0 Å². The molecule has 0 aromatic heterocycles. The lowest BCUT2D eigenvalue weighted by Gasteiger charge is -2.27. The molecule has 2 aromatic rings. The normalized spacial score (nSPS) is 18.6. The summed E-state index contributed by atoms with van der Waals surface area (Å²) in [6.45, 7) is 3.15. The summed E-state index contributed by atoms with van der Waals surface area (Å²) in [5, 5.41) is 10.6. The maximum Gasteiger partial charge on any atom is 0.417 e. The van der Waals surface area contributed by atoms with Crippen molar-refractivity contribution in [2.75, 3.05) is 6.61 Å². The van der Waals surface area contributed by atoms with Crippen LogP contribution in [0.3, 0.4) is 0 Å². The number of rotatable bonds is 5. The Bertz CT molecular complexity index is 1020. The molecule has 1 N–H and O–H groups in total. The van der Waals surface area contributed by atoms with Crippen LogP contribution in [0.5, 0.6) is 0 Å². The number of alkyl halides is 6. The van der Waals surface area contributed by atoms with E-state index in [0.717, 1.165) is 6.08 Å². The highest BCUT2D eigenvalue weighted by Gasteiger charge is 2.44. The van der Waals surface area contributed by atoms with Gasteiger partial charge in [0.1, 0.15) is 12.6 Å². The monoisotopic (exact) mass is 473 g/mol. The predicted octanol–water partition coefficient (Wildman–Crippen LogP) is 5.28. The lowest BCUT2D eigenvalue weighted by Crippen LogP contribution is -2.40. The van der Waals surface area contributed by atoms with Gasteiger partial charge in [0.2, 0.25) is 5.91 Å². The zero-order valence-corrected chi connectivity index (χ0v) is 16.7. The molecule has 0 aliphatic carbocycles. The molecule has 1 aliphatic heterocycles. The third-order valence-electron chi connectivity index (χ3n) is 5.13. The van der Waals surface area contributed by atoms with Crippen LogP contribution in [0.25, 0.3) is 0 Å². The van der Waals surface area contributed by atoms with Crippen LogP contribution < -0.4 is 0 Å². The Labute approximate surface area is 183 Å². The van der Waals surface area contributed by atoms with Crippen LogP contribution in [-0.2, 0) is 21.9 Å². The fourth-order valence-electron chi connectivity index (χ4n) is 3.47. The summed E-state index contributed by atoms with van der Waals surface area (Å²) in [7, 11) is 0. The Morgan fingerprint density at radius 1 is 1.06 bits per heavy atom. The topological polar surface area (TPSA) is 66.8 Å². The molecule has 0 saturated carbocycles. The fourth-order valence-corrected chi connectivity index (χ4v) is 3.47. The van der Waals surface area contributed by atoms with Gasteiger partial charge in [-0.25, -0.2) is 9.69 Å². The third kappa shape index (κ3) is 5.03. The summed E-state index contributed by atoms with van der Waals surface area (Å²) in [5.74, 6) is -2.81. The van der Waals surface area contributed by atoms with Crippen molar-refractivity contribution < 1.29 is 45.8 Å². The molecule has 1 unspecified atom stereocenters. The van der Waals surface area contributed by atoms with E-state index in [1.807, 2.05) is 0 Å². The van der Waals surface area contributed by atoms with Crippen LogP contribution in [0, 0.1) is 5.92 Å². The van der Waals surface area contributed by atoms with Gasteiger partial charge in [0, 0.05) is 0 Å². The molecule has 2 aromatic carbocycles. The van der Waals surface area contributed by atoms with E-state index >= 15 is 0 Å². The molecule has 0 spiro atoms. The molecule has 1 aliphatic rings. The first-order valence-corrected chi connectivity index (χ1v) is 9.49. The minimum Gasteiger partial charge on any atom is -0.446 e. The molecule has 0 bridgehead atoms. The Hall–Kier alpha value is -3.34. The molecule has 176 valence electrons. The minimum absolute atomic E-state index is 0.0930. The quantitative estimate of drug-likeness (QED) is 0.474. The average Bonchev–Trinajstić information content (AvgIpc) is 3.14. The minimum atomic E-state index is -5.14. The first-order chi connectivity index (χ1) is 15.3. The molecule has 0 radical (unpaired) electrons. The summed E-state index contributed by atoms with van der Waals surface area (Å²) < 4.78 is 83.9. The van der Waals surface area contributed by atoms with Gasteiger partial charge in [0.05, 0.1) is 23.1 Å². The number of aliphatic hydroxyl groups excluding tert-OH is 1. The maximum atomic E-state index is 13.2. The van der Waals surface area contributed by atoms with Crippen molar-refractivity contribution in [3.63, 3.8) is 0 Å². The highest BCUT2D eigenvalue weighted by Crippen LogP contribution is 2.39. The molecule has 3 atom stereocenters. The van der Waals surface area contributed by atoms with Crippen molar-refractivity contribution in [3.8, 4) is 0 Å². The Morgan fingerprint density at radius 2 is 1.61 bits per heavy atom.